The number of benzene rings is 2. The molecule has 2 aromatic carbocycles. The van der Waals surface area contributed by atoms with Crippen LogP contribution in [0.5, 0.6) is 0 Å². The van der Waals surface area contributed by atoms with Gasteiger partial charge in [-0.05, 0) is 60.4 Å². The molecular formula is C25H27N5O2. The van der Waals surface area contributed by atoms with Gasteiger partial charge in [0.25, 0.3) is 11.8 Å². The summed E-state index contributed by atoms with van der Waals surface area (Å²) in [5.41, 5.74) is 19.0. The van der Waals surface area contributed by atoms with E-state index in [-0.39, 0.29) is 23.8 Å². The molecule has 32 heavy (non-hydrogen) atoms. The highest BCUT2D eigenvalue weighted by Gasteiger charge is 2.38. The number of amides is 2. The number of para-hydroxylation sites is 2. The van der Waals surface area contributed by atoms with E-state index < -0.39 is 0 Å². The van der Waals surface area contributed by atoms with Gasteiger partial charge in [-0.2, -0.15) is 0 Å². The summed E-state index contributed by atoms with van der Waals surface area (Å²) in [6.45, 7) is 6.00. The van der Waals surface area contributed by atoms with Gasteiger partial charge in [-0.15, -0.1) is 0 Å². The highest BCUT2D eigenvalue weighted by Crippen LogP contribution is 2.46. The second kappa shape index (κ2) is 8.34. The molecule has 0 radical (unpaired) electrons. The number of hydrazine groups is 1. The highest BCUT2D eigenvalue weighted by atomic mass is 16.2. The number of carbonyl (C=O) groups excluding carboxylic acids is 2. The minimum Gasteiger partial charge on any atom is -0.397 e. The molecule has 2 aromatic rings. The number of aliphatic imine (C=N–C) groups is 1. The van der Waals surface area contributed by atoms with Crippen molar-refractivity contribution in [3.63, 3.8) is 0 Å². The molecule has 1 heterocycles. The molecule has 0 spiro atoms. The monoisotopic (exact) mass is 429 g/mol. The van der Waals surface area contributed by atoms with Crippen molar-refractivity contribution in [2.75, 3.05) is 17.7 Å². The largest absolute Gasteiger partial charge is 0.397 e. The van der Waals surface area contributed by atoms with Crippen molar-refractivity contribution in [3.8, 4) is 0 Å². The SMILES string of the molecule is CC1=C(c2ccc(C(=O)NNC=C3C(=O)N=CC3C)cc2C)[C@@H]1N(C)c1ccccc1N. The van der Waals surface area contributed by atoms with Crippen LogP contribution in [0.15, 0.2) is 64.8 Å². The Balaban J connectivity index is 1.43. The van der Waals surface area contributed by atoms with Crippen molar-refractivity contribution in [1.29, 1.82) is 0 Å². The Morgan fingerprint density at radius 1 is 1.19 bits per heavy atom. The van der Waals surface area contributed by atoms with Crippen LogP contribution < -0.4 is 21.5 Å². The zero-order valence-corrected chi connectivity index (χ0v) is 18.6. The average Bonchev–Trinajstić information content (AvgIpc) is 3.33. The van der Waals surface area contributed by atoms with Gasteiger partial charge in [0.05, 0.1) is 17.4 Å². The van der Waals surface area contributed by atoms with Crippen LogP contribution in [0.1, 0.15) is 35.3 Å². The van der Waals surface area contributed by atoms with Gasteiger partial charge in [0.15, 0.2) is 0 Å². The first-order valence-electron chi connectivity index (χ1n) is 10.5. The highest BCUT2D eigenvalue weighted by molar-refractivity contribution is 6.07. The van der Waals surface area contributed by atoms with Gasteiger partial charge in [0.2, 0.25) is 0 Å². The molecule has 1 aliphatic heterocycles. The van der Waals surface area contributed by atoms with Gasteiger partial charge in [-0.3, -0.25) is 15.0 Å². The minimum atomic E-state index is -0.288. The molecule has 0 aromatic heterocycles. The van der Waals surface area contributed by atoms with Crippen molar-refractivity contribution in [1.82, 2.24) is 10.9 Å². The van der Waals surface area contributed by atoms with E-state index in [9.17, 15) is 9.59 Å². The first-order chi connectivity index (χ1) is 15.3. The van der Waals surface area contributed by atoms with Crippen LogP contribution in [0.4, 0.5) is 11.4 Å². The van der Waals surface area contributed by atoms with Crippen LogP contribution in [-0.4, -0.2) is 31.1 Å². The first-order valence-corrected chi connectivity index (χ1v) is 10.5. The number of nitrogen functional groups attached to an aromatic ring is 1. The zero-order valence-electron chi connectivity index (χ0n) is 18.6. The van der Waals surface area contributed by atoms with Gasteiger partial charge in [0.1, 0.15) is 0 Å². The van der Waals surface area contributed by atoms with Crippen molar-refractivity contribution >= 4 is 35.0 Å². The third-order valence-corrected chi connectivity index (χ3v) is 6.07. The Morgan fingerprint density at radius 2 is 1.94 bits per heavy atom. The van der Waals surface area contributed by atoms with Gasteiger partial charge < -0.3 is 16.1 Å². The second-order valence-corrected chi connectivity index (χ2v) is 8.27. The molecule has 4 N–H and O–H groups in total. The number of anilines is 2. The quantitative estimate of drug-likeness (QED) is 0.372. The van der Waals surface area contributed by atoms with Crippen molar-refractivity contribution in [2.24, 2.45) is 10.9 Å². The first kappa shape index (κ1) is 21.4. The maximum Gasteiger partial charge on any atom is 0.274 e. The summed E-state index contributed by atoms with van der Waals surface area (Å²) in [6, 6.07) is 13.7. The normalized spacial score (nSPS) is 20.6. The molecule has 0 bridgehead atoms. The maximum atomic E-state index is 12.5. The summed E-state index contributed by atoms with van der Waals surface area (Å²) in [4.78, 5) is 30.1. The Labute approximate surface area is 187 Å². The second-order valence-electron chi connectivity index (χ2n) is 8.27. The van der Waals surface area contributed by atoms with Gasteiger partial charge >= 0.3 is 0 Å². The molecule has 2 atom stereocenters. The number of nitrogens with one attached hydrogen (secondary N) is 2. The lowest BCUT2D eigenvalue weighted by Crippen LogP contribution is -2.34. The molecule has 0 fully saturated rings. The van der Waals surface area contributed by atoms with E-state index in [2.05, 4.69) is 27.7 Å². The fourth-order valence-corrected chi connectivity index (χ4v) is 4.19. The van der Waals surface area contributed by atoms with Crippen LogP contribution in [0.2, 0.25) is 0 Å². The third-order valence-electron chi connectivity index (χ3n) is 6.07. The van der Waals surface area contributed by atoms with E-state index in [1.165, 1.54) is 17.3 Å². The number of aryl methyl sites for hydroxylation is 1. The average molecular weight is 430 g/mol. The van der Waals surface area contributed by atoms with E-state index in [0.717, 1.165) is 22.5 Å². The third kappa shape index (κ3) is 3.89. The molecule has 7 nitrogen and oxygen atoms in total. The summed E-state index contributed by atoms with van der Waals surface area (Å²) in [5, 5.41) is 0. The Bertz CT molecular complexity index is 1190. The van der Waals surface area contributed by atoms with Crippen LogP contribution in [0.25, 0.3) is 5.57 Å². The summed E-state index contributed by atoms with van der Waals surface area (Å²) in [7, 11) is 2.05. The van der Waals surface area contributed by atoms with Gasteiger partial charge in [-0.1, -0.05) is 25.1 Å². The van der Waals surface area contributed by atoms with Crippen LogP contribution in [0, 0.1) is 12.8 Å². The summed E-state index contributed by atoms with van der Waals surface area (Å²) < 4.78 is 0. The lowest BCUT2D eigenvalue weighted by Gasteiger charge is -2.23. The number of hydrogen-bond acceptors (Lipinski definition) is 5. The number of likely N-dealkylation sites (N-methyl/N-ethyl adjacent to an activating group) is 1. The minimum absolute atomic E-state index is 0.0687. The fourth-order valence-electron chi connectivity index (χ4n) is 4.19. The lowest BCUT2D eigenvalue weighted by molar-refractivity contribution is -0.114. The summed E-state index contributed by atoms with van der Waals surface area (Å²) in [5.74, 6) is -0.632. The number of nitrogens with zero attached hydrogens (tertiary/aromatic N) is 2. The van der Waals surface area contributed by atoms with E-state index in [4.69, 9.17) is 5.73 Å². The molecular weight excluding hydrogens is 402 g/mol. The molecule has 2 aliphatic rings. The van der Waals surface area contributed by atoms with Crippen molar-refractivity contribution in [3.05, 3.63) is 76.5 Å². The standard InChI is InChI=1S/C25H27N5O2/c1-14-11-17(24(31)29-28-13-19-15(2)12-27-25(19)32)9-10-18(14)22-16(3)23(22)30(4)21-8-6-5-7-20(21)26/h5-13,15,23,28H,26H2,1-4H3,(H,29,31)/t15?,23-/m1/s1. The van der Waals surface area contributed by atoms with E-state index >= 15 is 0 Å². The predicted molar refractivity (Wildman–Crippen MR) is 128 cm³/mol. The molecule has 4 rings (SSSR count). The van der Waals surface area contributed by atoms with Crippen molar-refractivity contribution < 1.29 is 9.59 Å². The van der Waals surface area contributed by atoms with Gasteiger partial charge in [-0.25, -0.2) is 4.99 Å². The number of hydrogen-bond donors (Lipinski definition) is 3. The van der Waals surface area contributed by atoms with E-state index in [1.807, 2.05) is 63.4 Å². The number of rotatable bonds is 6. The smallest absolute Gasteiger partial charge is 0.274 e. The summed E-state index contributed by atoms with van der Waals surface area (Å²) >= 11 is 0. The molecule has 164 valence electrons. The van der Waals surface area contributed by atoms with E-state index in [0.29, 0.717) is 11.1 Å². The molecule has 0 saturated heterocycles. The molecule has 1 unspecified atom stereocenters. The topological polar surface area (TPSA) is 99.8 Å². The predicted octanol–water partition coefficient (Wildman–Crippen LogP) is 3.23. The van der Waals surface area contributed by atoms with Crippen molar-refractivity contribution in [2.45, 2.75) is 26.8 Å². The lowest BCUT2D eigenvalue weighted by atomic mass is 10.0. The molecule has 7 heteroatoms. The molecule has 1 aliphatic carbocycles. The summed E-state index contributed by atoms with van der Waals surface area (Å²) in [6.07, 6.45) is 3.08. The Kier molecular flexibility index (Phi) is 5.57. The number of carbonyl (C=O) groups is 2. The van der Waals surface area contributed by atoms with E-state index in [1.54, 1.807) is 6.21 Å². The van der Waals surface area contributed by atoms with Crippen LogP contribution >= 0.6 is 0 Å². The maximum absolute atomic E-state index is 12.5. The van der Waals surface area contributed by atoms with Gasteiger partial charge in [0, 0.05) is 36.5 Å². The molecule has 0 saturated carbocycles. The molecule has 2 amide bonds. The Morgan fingerprint density at radius 3 is 2.59 bits per heavy atom. The Hall–Kier alpha value is -3.87. The van der Waals surface area contributed by atoms with Crippen LogP contribution in [-0.2, 0) is 4.79 Å². The zero-order chi connectivity index (χ0) is 23.0. The fraction of sp³-hybridized carbons (Fsp3) is 0.240. The van der Waals surface area contributed by atoms with Crippen LogP contribution in [0.3, 0.4) is 0 Å². The number of nitrogens with two attached hydrogens (primary N) is 1.